The summed E-state index contributed by atoms with van der Waals surface area (Å²) >= 11 is 0. The van der Waals surface area contributed by atoms with E-state index in [2.05, 4.69) is 34.8 Å². The summed E-state index contributed by atoms with van der Waals surface area (Å²) < 4.78 is 23.5. The summed E-state index contributed by atoms with van der Waals surface area (Å²) in [6, 6.07) is 5.36. The van der Waals surface area contributed by atoms with Crippen LogP contribution in [0.3, 0.4) is 0 Å². The van der Waals surface area contributed by atoms with E-state index in [0.29, 0.717) is 37.4 Å². The van der Waals surface area contributed by atoms with Crippen molar-refractivity contribution in [2.75, 3.05) is 35.2 Å². The maximum atomic E-state index is 13.3. The zero-order valence-corrected chi connectivity index (χ0v) is 22.1. The molecule has 1 amide bonds. The standard InChI is InChI=1S/C25H31N7O3S/c1-16-13-31(23(33)25(5)7-9-36(25,34)35)17(2)12-30(16)21-20-22(29-15-28-21)32(14-24(20,3)4)19-10-18(11-26)6-8-27-19/h6,8,10,15-17H,7,9,12-14H2,1-5H3/t16-,17+,25+/m0/s1. The second-order valence-corrected chi connectivity index (χ2v) is 13.5. The molecule has 3 aliphatic rings. The minimum atomic E-state index is -3.39. The monoisotopic (exact) mass is 509 g/mol. The van der Waals surface area contributed by atoms with E-state index in [1.165, 1.54) is 0 Å². The van der Waals surface area contributed by atoms with E-state index < -0.39 is 14.6 Å². The molecule has 2 aromatic rings. The Kier molecular flexibility index (Phi) is 5.52. The summed E-state index contributed by atoms with van der Waals surface area (Å²) in [6.07, 6.45) is 3.55. The Hall–Kier alpha value is -3.26. The number of sulfone groups is 1. The van der Waals surface area contributed by atoms with Crippen molar-refractivity contribution in [3.05, 3.63) is 35.8 Å². The van der Waals surface area contributed by atoms with Gasteiger partial charge in [-0.25, -0.2) is 23.4 Å². The van der Waals surface area contributed by atoms with Gasteiger partial charge >= 0.3 is 0 Å². The van der Waals surface area contributed by atoms with Gasteiger partial charge in [-0.05, 0) is 39.3 Å². The molecule has 0 aliphatic carbocycles. The predicted octanol–water partition coefficient (Wildman–Crippen LogP) is 2.18. The molecule has 0 spiro atoms. The lowest BCUT2D eigenvalue weighted by atomic mass is 9.87. The molecule has 36 heavy (non-hydrogen) atoms. The molecule has 0 aromatic carbocycles. The summed E-state index contributed by atoms with van der Waals surface area (Å²) in [4.78, 5) is 33.1. The Bertz CT molecular complexity index is 1390. The minimum Gasteiger partial charge on any atom is -0.350 e. The van der Waals surface area contributed by atoms with Gasteiger partial charge in [-0.15, -0.1) is 0 Å². The fraction of sp³-hybridized carbons (Fsp3) is 0.560. The van der Waals surface area contributed by atoms with Crippen molar-refractivity contribution < 1.29 is 13.2 Å². The summed E-state index contributed by atoms with van der Waals surface area (Å²) in [7, 11) is -3.39. The summed E-state index contributed by atoms with van der Waals surface area (Å²) in [5, 5.41) is 9.34. The van der Waals surface area contributed by atoms with Crippen molar-refractivity contribution in [2.24, 2.45) is 0 Å². The van der Waals surface area contributed by atoms with Crippen LogP contribution in [0.5, 0.6) is 0 Å². The Morgan fingerprint density at radius 1 is 1.11 bits per heavy atom. The minimum absolute atomic E-state index is 0.0691. The Morgan fingerprint density at radius 3 is 2.47 bits per heavy atom. The Labute approximate surface area is 211 Å². The van der Waals surface area contributed by atoms with Crippen LogP contribution >= 0.6 is 0 Å². The van der Waals surface area contributed by atoms with Gasteiger partial charge in [0.25, 0.3) is 0 Å². The maximum Gasteiger partial charge on any atom is 0.244 e. The number of nitrogens with zero attached hydrogens (tertiary/aromatic N) is 7. The van der Waals surface area contributed by atoms with Crippen LogP contribution in [0.2, 0.25) is 0 Å². The van der Waals surface area contributed by atoms with Crippen molar-refractivity contribution in [1.82, 2.24) is 19.9 Å². The first-order valence-electron chi connectivity index (χ1n) is 12.2. The molecule has 0 N–H and O–H groups in total. The van der Waals surface area contributed by atoms with Crippen molar-refractivity contribution in [3.8, 4) is 6.07 Å². The second-order valence-electron chi connectivity index (χ2n) is 11.0. The average Bonchev–Trinajstić information content (AvgIpc) is 3.14. The molecule has 11 heteroatoms. The number of carbonyl (C=O) groups excluding carboxylic acids is 1. The highest BCUT2D eigenvalue weighted by Crippen LogP contribution is 2.47. The lowest BCUT2D eigenvalue weighted by Gasteiger charge is -2.49. The van der Waals surface area contributed by atoms with Gasteiger partial charge < -0.3 is 14.7 Å². The molecule has 5 heterocycles. The van der Waals surface area contributed by atoms with Crippen molar-refractivity contribution in [1.29, 1.82) is 5.26 Å². The van der Waals surface area contributed by atoms with Gasteiger partial charge in [0.15, 0.2) is 9.84 Å². The molecule has 3 atom stereocenters. The van der Waals surface area contributed by atoms with E-state index in [9.17, 15) is 18.5 Å². The summed E-state index contributed by atoms with van der Waals surface area (Å²) in [5.41, 5.74) is 1.24. The van der Waals surface area contributed by atoms with Crippen LogP contribution in [-0.2, 0) is 20.0 Å². The van der Waals surface area contributed by atoms with E-state index in [1.807, 2.05) is 18.7 Å². The third-order valence-electron chi connectivity index (χ3n) is 7.95. The average molecular weight is 510 g/mol. The number of fused-ring (bicyclic) bond motifs is 1. The molecule has 10 nitrogen and oxygen atoms in total. The van der Waals surface area contributed by atoms with Crippen LogP contribution in [-0.4, -0.2) is 76.4 Å². The van der Waals surface area contributed by atoms with Gasteiger partial charge in [0.1, 0.15) is 28.5 Å². The Morgan fingerprint density at radius 2 is 1.83 bits per heavy atom. The summed E-state index contributed by atoms with van der Waals surface area (Å²) in [5.74, 6) is 2.02. The highest BCUT2D eigenvalue weighted by molar-refractivity contribution is 7.95. The number of hydrogen-bond donors (Lipinski definition) is 0. The van der Waals surface area contributed by atoms with E-state index in [1.54, 1.807) is 36.5 Å². The lowest BCUT2D eigenvalue weighted by Crippen LogP contribution is -2.66. The van der Waals surface area contributed by atoms with Gasteiger partial charge in [0, 0.05) is 48.9 Å². The predicted molar refractivity (Wildman–Crippen MR) is 136 cm³/mol. The molecule has 5 rings (SSSR count). The largest absolute Gasteiger partial charge is 0.350 e. The zero-order chi connectivity index (χ0) is 26.0. The summed E-state index contributed by atoms with van der Waals surface area (Å²) in [6.45, 7) is 11.4. The van der Waals surface area contributed by atoms with Crippen molar-refractivity contribution in [3.63, 3.8) is 0 Å². The molecule has 0 saturated carbocycles. The van der Waals surface area contributed by atoms with Crippen LogP contribution in [0, 0.1) is 11.3 Å². The number of pyridine rings is 1. The highest BCUT2D eigenvalue weighted by atomic mass is 32.2. The number of piperazine rings is 1. The number of carbonyl (C=O) groups is 1. The highest BCUT2D eigenvalue weighted by Gasteiger charge is 2.57. The molecule has 2 saturated heterocycles. The zero-order valence-electron chi connectivity index (χ0n) is 21.3. The first-order chi connectivity index (χ1) is 16.9. The SMILES string of the molecule is C[C@@H]1CN(c2ncnc3c2C(C)(C)CN3c2cc(C#N)ccn2)[C@@H](C)CN1C(=O)[C@@]1(C)CCS1(=O)=O. The van der Waals surface area contributed by atoms with E-state index in [0.717, 1.165) is 17.2 Å². The fourth-order valence-corrected chi connectivity index (χ4v) is 7.13. The number of nitriles is 1. The third-order valence-corrected chi connectivity index (χ3v) is 10.4. The molecule has 2 fully saturated rings. The lowest BCUT2D eigenvalue weighted by molar-refractivity contribution is -0.137. The van der Waals surface area contributed by atoms with Crippen molar-refractivity contribution >= 4 is 33.2 Å². The smallest absolute Gasteiger partial charge is 0.244 e. The number of anilines is 3. The molecule has 190 valence electrons. The molecule has 0 unspecified atom stereocenters. The molecule has 0 bridgehead atoms. The number of amides is 1. The molecule has 2 aromatic heterocycles. The quantitative estimate of drug-likeness (QED) is 0.612. The Balaban J connectivity index is 1.47. The van der Waals surface area contributed by atoms with Crippen LogP contribution in [0.15, 0.2) is 24.7 Å². The molecule has 0 radical (unpaired) electrons. The first kappa shape index (κ1) is 24.4. The van der Waals surface area contributed by atoms with Gasteiger partial charge in [-0.1, -0.05) is 13.8 Å². The molecule has 3 aliphatic heterocycles. The van der Waals surface area contributed by atoms with Crippen LogP contribution in [0.4, 0.5) is 17.5 Å². The number of rotatable bonds is 3. The number of aromatic nitrogens is 3. The van der Waals surface area contributed by atoms with Crippen LogP contribution in [0.25, 0.3) is 0 Å². The van der Waals surface area contributed by atoms with Crippen LogP contribution < -0.4 is 9.80 Å². The first-order valence-corrected chi connectivity index (χ1v) is 13.8. The van der Waals surface area contributed by atoms with Gasteiger partial charge in [-0.3, -0.25) is 4.79 Å². The number of hydrogen-bond acceptors (Lipinski definition) is 9. The molecular formula is C25H31N7O3S. The van der Waals surface area contributed by atoms with E-state index in [-0.39, 0.29) is 29.2 Å². The van der Waals surface area contributed by atoms with Gasteiger partial charge in [0.05, 0.1) is 17.4 Å². The van der Waals surface area contributed by atoms with Crippen molar-refractivity contribution in [2.45, 2.75) is 63.3 Å². The second kappa shape index (κ2) is 8.13. The van der Waals surface area contributed by atoms with E-state index >= 15 is 0 Å². The third kappa shape index (κ3) is 3.53. The maximum absolute atomic E-state index is 13.3. The topological polar surface area (TPSA) is 123 Å². The normalized spacial score (nSPS) is 28.3. The van der Waals surface area contributed by atoms with Gasteiger partial charge in [-0.2, -0.15) is 5.26 Å². The fourth-order valence-electron chi connectivity index (χ4n) is 5.59. The van der Waals surface area contributed by atoms with E-state index in [4.69, 9.17) is 4.98 Å². The molecular weight excluding hydrogens is 478 g/mol. The van der Waals surface area contributed by atoms with Crippen LogP contribution in [0.1, 0.15) is 52.2 Å². The van der Waals surface area contributed by atoms with Gasteiger partial charge in [0.2, 0.25) is 5.91 Å².